The maximum absolute atomic E-state index is 13.0. The molecule has 3 aromatic rings. The number of rotatable bonds is 4. The third-order valence-corrected chi connectivity index (χ3v) is 3.70. The van der Waals surface area contributed by atoms with Crippen LogP contribution < -0.4 is 5.32 Å². The first-order valence-corrected chi connectivity index (χ1v) is 7.71. The molecule has 1 heterocycles. The highest BCUT2D eigenvalue weighted by Gasteiger charge is 2.20. The van der Waals surface area contributed by atoms with Gasteiger partial charge < -0.3 is 14.9 Å². The zero-order valence-corrected chi connectivity index (χ0v) is 13.8. The second-order valence-corrected chi connectivity index (χ2v) is 5.76. The van der Waals surface area contributed by atoms with Crippen LogP contribution in [-0.2, 0) is 0 Å². The summed E-state index contributed by atoms with van der Waals surface area (Å²) in [6.45, 7) is 1.65. The van der Waals surface area contributed by atoms with Gasteiger partial charge in [0.1, 0.15) is 17.6 Å². The second-order valence-electron chi connectivity index (χ2n) is 5.32. The van der Waals surface area contributed by atoms with Gasteiger partial charge in [0, 0.05) is 10.6 Å². The van der Waals surface area contributed by atoms with E-state index < -0.39 is 11.9 Å². The highest BCUT2D eigenvalue weighted by molar-refractivity contribution is 6.31. The van der Waals surface area contributed by atoms with Crippen molar-refractivity contribution in [1.82, 2.24) is 15.5 Å². The van der Waals surface area contributed by atoms with E-state index >= 15 is 0 Å². The van der Waals surface area contributed by atoms with Crippen molar-refractivity contribution in [2.24, 2.45) is 0 Å². The van der Waals surface area contributed by atoms with Gasteiger partial charge in [0.25, 0.3) is 5.91 Å². The van der Waals surface area contributed by atoms with Crippen LogP contribution in [0.3, 0.4) is 0 Å². The minimum atomic E-state index is -0.604. The van der Waals surface area contributed by atoms with Crippen molar-refractivity contribution < 1.29 is 18.8 Å². The Morgan fingerprint density at radius 1 is 1.28 bits per heavy atom. The second kappa shape index (κ2) is 6.90. The third-order valence-electron chi connectivity index (χ3n) is 3.47. The molecule has 0 bridgehead atoms. The van der Waals surface area contributed by atoms with Gasteiger partial charge in [-0.15, -0.1) is 0 Å². The van der Waals surface area contributed by atoms with Gasteiger partial charge in [-0.2, -0.15) is 4.98 Å². The summed E-state index contributed by atoms with van der Waals surface area (Å²) in [4.78, 5) is 16.4. The monoisotopic (exact) mass is 361 g/mol. The number of amides is 1. The van der Waals surface area contributed by atoms with Crippen molar-refractivity contribution in [3.8, 4) is 17.1 Å². The molecule has 128 valence electrons. The minimum absolute atomic E-state index is 0.0395. The summed E-state index contributed by atoms with van der Waals surface area (Å²) in [5, 5.41) is 16.5. The van der Waals surface area contributed by atoms with Gasteiger partial charge in [0.05, 0.1) is 5.56 Å². The Kier molecular flexibility index (Phi) is 4.67. The van der Waals surface area contributed by atoms with Gasteiger partial charge in [0.2, 0.25) is 11.7 Å². The van der Waals surface area contributed by atoms with Crippen molar-refractivity contribution in [3.63, 3.8) is 0 Å². The summed E-state index contributed by atoms with van der Waals surface area (Å²) in [5.74, 6) is -0.633. The van der Waals surface area contributed by atoms with Crippen LogP contribution in [0.15, 0.2) is 47.0 Å². The first kappa shape index (κ1) is 16.9. The number of hydrogen-bond acceptors (Lipinski definition) is 5. The van der Waals surface area contributed by atoms with Crippen LogP contribution in [0.1, 0.15) is 29.2 Å². The quantitative estimate of drug-likeness (QED) is 0.739. The molecule has 2 aromatic carbocycles. The van der Waals surface area contributed by atoms with E-state index in [1.54, 1.807) is 6.92 Å². The first-order valence-electron chi connectivity index (χ1n) is 7.33. The van der Waals surface area contributed by atoms with Crippen molar-refractivity contribution in [2.45, 2.75) is 13.0 Å². The zero-order valence-electron chi connectivity index (χ0n) is 13.0. The Morgan fingerprint density at radius 3 is 2.72 bits per heavy atom. The Bertz CT molecular complexity index is 912. The molecule has 0 fully saturated rings. The van der Waals surface area contributed by atoms with Gasteiger partial charge in [-0.25, -0.2) is 4.39 Å². The van der Waals surface area contributed by atoms with Crippen LogP contribution in [0.2, 0.25) is 5.02 Å². The number of halogens is 2. The van der Waals surface area contributed by atoms with Crippen LogP contribution in [-0.4, -0.2) is 21.2 Å². The lowest BCUT2D eigenvalue weighted by Gasteiger charge is -2.10. The lowest BCUT2D eigenvalue weighted by atomic mass is 10.1. The van der Waals surface area contributed by atoms with Crippen molar-refractivity contribution >= 4 is 17.5 Å². The molecule has 25 heavy (non-hydrogen) atoms. The molecule has 8 heteroatoms. The molecule has 1 aromatic heterocycles. The molecular formula is C17H13ClFN3O3. The zero-order chi connectivity index (χ0) is 18.0. The number of nitrogens with zero attached hydrogens (tertiary/aromatic N) is 2. The number of hydrogen-bond donors (Lipinski definition) is 2. The van der Waals surface area contributed by atoms with E-state index in [4.69, 9.17) is 16.1 Å². The van der Waals surface area contributed by atoms with Crippen molar-refractivity contribution in [3.05, 3.63) is 64.8 Å². The topological polar surface area (TPSA) is 88.2 Å². The van der Waals surface area contributed by atoms with Crippen LogP contribution in [0, 0.1) is 5.82 Å². The van der Waals surface area contributed by atoms with Gasteiger partial charge in [0.15, 0.2) is 0 Å². The molecule has 6 nitrogen and oxygen atoms in total. The summed E-state index contributed by atoms with van der Waals surface area (Å²) < 4.78 is 18.1. The normalized spacial score (nSPS) is 12.0. The summed E-state index contributed by atoms with van der Waals surface area (Å²) in [5.41, 5.74) is 0.625. The molecule has 0 radical (unpaired) electrons. The van der Waals surface area contributed by atoms with E-state index in [-0.39, 0.29) is 28.8 Å². The maximum atomic E-state index is 13.0. The predicted octanol–water partition coefficient (Wildman–Crippen LogP) is 3.73. The molecule has 2 N–H and O–H groups in total. The molecule has 0 aliphatic carbocycles. The third kappa shape index (κ3) is 3.77. The smallest absolute Gasteiger partial charge is 0.255 e. The Hall–Kier alpha value is -2.93. The molecule has 1 atom stereocenters. The van der Waals surface area contributed by atoms with Crippen molar-refractivity contribution in [1.29, 1.82) is 0 Å². The van der Waals surface area contributed by atoms with Crippen LogP contribution >= 0.6 is 11.6 Å². The molecule has 1 amide bonds. The van der Waals surface area contributed by atoms with E-state index in [9.17, 15) is 14.3 Å². The van der Waals surface area contributed by atoms with Crippen molar-refractivity contribution in [2.75, 3.05) is 0 Å². The Morgan fingerprint density at radius 2 is 2.00 bits per heavy atom. The number of benzene rings is 2. The molecule has 0 saturated heterocycles. The van der Waals surface area contributed by atoms with E-state index in [1.165, 1.54) is 42.5 Å². The molecule has 0 saturated carbocycles. The molecule has 1 unspecified atom stereocenters. The number of carbonyl (C=O) groups excluding carboxylic acids is 1. The number of aromatic hydroxyl groups is 1. The van der Waals surface area contributed by atoms with Gasteiger partial charge >= 0.3 is 0 Å². The SMILES string of the molecule is CC(NC(=O)c1cc(Cl)ccc1O)c1nc(-c2ccc(F)cc2)no1. The van der Waals surface area contributed by atoms with E-state index in [0.29, 0.717) is 10.6 Å². The highest BCUT2D eigenvalue weighted by Crippen LogP contribution is 2.23. The number of nitrogens with one attached hydrogen (secondary N) is 1. The lowest BCUT2D eigenvalue weighted by molar-refractivity contribution is 0.0930. The number of phenolic OH excluding ortho intramolecular Hbond substituents is 1. The largest absolute Gasteiger partial charge is 0.507 e. The number of carbonyl (C=O) groups is 1. The minimum Gasteiger partial charge on any atom is -0.507 e. The molecule has 3 rings (SSSR count). The molecule has 0 aliphatic rings. The average Bonchev–Trinajstić information content (AvgIpc) is 3.07. The predicted molar refractivity (Wildman–Crippen MR) is 88.7 cm³/mol. The summed E-state index contributed by atoms with van der Waals surface area (Å²) >= 11 is 5.84. The molecular weight excluding hydrogens is 349 g/mol. The van der Waals surface area contributed by atoms with Gasteiger partial charge in [-0.3, -0.25) is 4.79 Å². The highest BCUT2D eigenvalue weighted by atomic mass is 35.5. The number of aromatic nitrogens is 2. The van der Waals surface area contributed by atoms with Crippen LogP contribution in [0.5, 0.6) is 5.75 Å². The van der Waals surface area contributed by atoms with Crippen LogP contribution in [0.4, 0.5) is 4.39 Å². The fourth-order valence-corrected chi connectivity index (χ4v) is 2.33. The van der Waals surface area contributed by atoms with Gasteiger partial charge in [-0.05, 0) is 49.4 Å². The Balaban J connectivity index is 1.75. The summed E-state index contributed by atoms with van der Waals surface area (Å²) in [6.07, 6.45) is 0. The summed E-state index contributed by atoms with van der Waals surface area (Å²) in [7, 11) is 0. The fraction of sp³-hybridized carbons (Fsp3) is 0.118. The van der Waals surface area contributed by atoms with E-state index in [2.05, 4.69) is 15.5 Å². The maximum Gasteiger partial charge on any atom is 0.255 e. The lowest BCUT2D eigenvalue weighted by Crippen LogP contribution is -2.26. The van der Waals surface area contributed by atoms with Crippen LogP contribution in [0.25, 0.3) is 11.4 Å². The summed E-state index contributed by atoms with van der Waals surface area (Å²) in [6, 6.07) is 9.19. The molecule has 0 spiro atoms. The van der Waals surface area contributed by atoms with E-state index in [0.717, 1.165) is 0 Å². The Labute approximate surface area is 147 Å². The standard InChI is InChI=1S/C17H13ClFN3O3/c1-9(20-16(24)13-8-11(18)4-7-14(13)23)17-21-15(22-25-17)10-2-5-12(19)6-3-10/h2-9,23H,1H3,(H,20,24). The van der Waals surface area contributed by atoms with E-state index in [1.807, 2.05) is 0 Å². The molecule has 0 aliphatic heterocycles. The number of phenols is 1. The fourth-order valence-electron chi connectivity index (χ4n) is 2.15. The van der Waals surface area contributed by atoms with Gasteiger partial charge in [-0.1, -0.05) is 16.8 Å². The first-order chi connectivity index (χ1) is 11.9. The average molecular weight is 362 g/mol.